The molecular weight excluding hydrogens is 402 g/mol. The van der Waals surface area contributed by atoms with Crippen molar-refractivity contribution < 1.29 is 13.2 Å². The van der Waals surface area contributed by atoms with E-state index in [0.717, 1.165) is 18.3 Å². The SMILES string of the molecule is C=CCN(C(=O)CC12CC3CC(CC(Br)(C3)C1)C2)C1CCS(=O)(=O)C1. The number of sulfone groups is 1. The molecule has 0 N–H and O–H groups in total. The highest BCUT2D eigenvalue weighted by Gasteiger charge is 2.57. The summed E-state index contributed by atoms with van der Waals surface area (Å²) in [6.45, 7) is 4.24. The van der Waals surface area contributed by atoms with Gasteiger partial charge in [-0.05, 0) is 62.2 Å². The van der Waals surface area contributed by atoms with E-state index in [2.05, 4.69) is 22.5 Å². The average molecular weight is 430 g/mol. The van der Waals surface area contributed by atoms with Gasteiger partial charge in [-0.25, -0.2) is 8.42 Å². The minimum Gasteiger partial charge on any atom is -0.335 e. The van der Waals surface area contributed by atoms with Crippen molar-refractivity contribution in [3.63, 3.8) is 0 Å². The van der Waals surface area contributed by atoms with Gasteiger partial charge in [-0.3, -0.25) is 4.79 Å². The highest BCUT2D eigenvalue weighted by atomic mass is 79.9. The number of amides is 1. The van der Waals surface area contributed by atoms with Gasteiger partial charge in [-0.15, -0.1) is 6.58 Å². The molecule has 4 aliphatic carbocycles. The van der Waals surface area contributed by atoms with Crippen LogP contribution in [0.3, 0.4) is 0 Å². The molecule has 3 unspecified atom stereocenters. The number of carbonyl (C=O) groups excluding carboxylic acids is 1. The van der Waals surface area contributed by atoms with Crippen LogP contribution >= 0.6 is 15.9 Å². The van der Waals surface area contributed by atoms with Crippen LogP contribution in [0.15, 0.2) is 12.7 Å². The standard InChI is InChI=1S/C19H28BrNO3S/c1-2-4-21(16-3-5-25(23,24)12-16)17(22)11-18-7-14-6-15(8-18)10-19(20,9-14)13-18/h2,14-16H,1,3-13H2. The molecule has 140 valence electrons. The van der Waals surface area contributed by atoms with Crippen molar-refractivity contribution in [2.75, 3.05) is 18.1 Å². The smallest absolute Gasteiger partial charge is 0.223 e. The molecule has 4 saturated carbocycles. The Kier molecular flexibility index (Phi) is 4.38. The van der Waals surface area contributed by atoms with Gasteiger partial charge in [0.1, 0.15) is 0 Å². The monoisotopic (exact) mass is 429 g/mol. The number of alkyl halides is 1. The van der Waals surface area contributed by atoms with E-state index in [0.29, 0.717) is 19.4 Å². The van der Waals surface area contributed by atoms with E-state index in [1.165, 1.54) is 32.1 Å². The molecule has 4 bridgehead atoms. The molecule has 0 radical (unpaired) electrons. The molecule has 1 aliphatic heterocycles. The van der Waals surface area contributed by atoms with Gasteiger partial charge in [0.25, 0.3) is 0 Å². The predicted molar refractivity (Wildman–Crippen MR) is 102 cm³/mol. The van der Waals surface area contributed by atoms with Crippen molar-refractivity contribution in [1.29, 1.82) is 0 Å². The van der Waals surface area contributed by atoms with Crippen LogP contribution in [0.25, 0.3) is 0 Å². The van der Waals surface area contributed by atoms with Gasteiger partial charge < -0.3 is 4.90 Å². The Morgan fingerprint density at radius 2 is 1.92 bits per heavy atom. The Morgan fingerprint density at radius 1 is 1.24 bits per heavy atom. The van der Waals surface area contributed by atoms with Gasteiger partial charge in [0, 0.05) is 23.3 Å². The minimum absolute atomic E-state index is 0.118. The van der Waals surface area contributed by atoms with E-state index in [-0.39, 0.29) is 33.2 Å². The summed E-state index contributed by atoms with van der Waals surface area (Å²) in [4.78, 5) is 15.0. The summed E-state index contributed by atoms with van der Waals surface area (Å²) < 4.78 is 24.0. The Hall–Kier alpha value is -0.360. The van der Waals surface area contributed by atoms with Crippen LogP contribution in [-0.4, -0.2) is 47.6 Å². The van der Waals surface area contributed by atoms with Gasteiger partial charge >= 0.3 is 0 Å². The van der Waals surface area contributed by atoms with Crippen molar-refractivity contribution >= 4 is 31.7 Å². The fraction of sp³-hybridized carbons (Fsp3) is 0.842. The van der Waals surface area contributed by atoms with Crippen molar-refractivity contribution in [3.8, 4) is 0 Å². The number of rotatable bonds is 5. The van der Waals surface area contributed by atoms with E-state index in [1.54, 1.807) is 11.0 Å². The van der Waals surface area contributed by atoms with Gasteiger partial charge in [0.05, 0.1) is 11.5 Å². The normalized spacial score (nSPS) is 44.0. The molecule has 1 saturated heterocycles. The van der Waals surface area contributed by atoms with Crippen LogP contribution in [0.1, 0.15) is 51.4 Å². The van der Waals surface area contributed by atoms with E-state index in [9.17, 15) is 13.2 Å². The third kappa shape index (κ3) is 3.45. The molecule has 5 fully saturated rings. The highest BCUT2D eigenvalue weighted by Crippen LogP contribution is 2.65. The Balaban J connectivity index is 1.51. The maximum absolute atomic E-state index is 13.2. The van der Waals surface area contributed by atoms with Crippen molar-refractivity contribution in [3.05, 3.63) is 12.7 Å². The lowest BCUT2D eigenvalue weighted by Gasteiger charge is -2.60. The summed E-state index contributed by atoms with van der Waals surface area (Å²) in [5.41, 5.74) is 0.127. The van der Waals surface area contributed by atoms with Gasteiger partial charge in [0.2, 0.25) is 5.91 Å². The first kappa shape index (κ1) is 18.0. The van der Waals surface area contributed by atoms with Crippen LogP contribution in [0, 0.1) is 17.3 Å². The van der Waals surface area contributed by atoms with Crippen LogP contribution in [0.2, 0.25) is 0 Å². The quantitative estimate of drug-likeness (QED) is 0.497. The first-order valence-electron chi connectivity index (χ1n) is 9.51. The first-order valence-corrected chi connectivity index (χ1v) is 12.1. The Morgan fingerprint density at radius 3 is 2.44 bits per heavy atom. The summed E-state index contributed by atoms with van der Waals surface area (Å²) in [6.07, 6.45) is 10.2. The van der Waals surface area contributed by atoms with Crippen molar-refractivity contribution in [2.24, 2.45) is 17.3 Å². The van der Waals surface area contributed by atoms with Gasteiger partial charge in [-0.2, -0.15) is 0 Å². The summed E-state index contributed by atoms with van der Waals surface area (Å²) >= 11 is 4.01. The predicted octanol–water partition coefficient (Wildman–Crippen LogP) is 3.31. The summed E-state index contributed by atoms with van der Waals surface area (Å²) in [7, 11) is -2.99. The van der Waals surface area contributed by atoms with Crippen LogP contribution in [0.5, 0.6) is 0 Å². The minimum atomic E-state index is -2.99. The van der Waals surface area contributed by atoms with Gasteiger partial charge in [-0.1, -0.05) is 22.0 Å². The molecule has 1 heterocycles. The topological polar surface area (TPSA) is 54.5 Å². The van der Waals surface area contributed by atoms with E-state index >= 15 is 0 Å². The fourth-order valence-corrected chi connectivity index (χ4v) is 9.82. The molecule has 0 aromatic carbocycles. The average Bonchev–Trinajstić information content (AvgIpc) is 2.81. The molecule has 1 amide bonds. The molecule has 6 heteroatoms. The second-order valence-corrected chi connectivity index (χ2v) is 13.1. The lowest BCUT2D eigenvalue weighted by Crippen LogP contribution is -2.54. The summed E-state index contributed by atoms with van der Waals surface area (Å²) in [5, 5.41) is 0. The summed E-state index contributed by atoms with van der Waals surface area (Å²) in [6, 6.07) is -0.164. The number of hydrogen-bond donors (Lipinski definition) is 0. The number of halogens is 1. The molecule has 0 aromatic heterocycles. The number of carbonyl (C=O) groups is 1. The first-order chi connectivity index (χ1) is 11.7. The fourth-order valence-electron chi connectivity index (χ4n) is 6.58. The van der Waals surface area contributed by atoms with E-state index in [4.69, 9.17) is 0 Å². The van der Waals surface area contributed by atoms with Gasteiger partial charge in [0.15, 0.2) is 9.84 Å². The largest absolute Gasteiger partial charge is 0.335 e. The van der Waals surface area contributed by atoms with Crippen molar-refractivity contribution in [2.45, 2.75) is 61.7 Å². The second-order valence-electron chi connectivity index (χ2n) is 9.18. The zero-order valence-electron chi connectivity index (χ0n) is 14.8. The molecule has 5 aliphatic rings. The third-order valence-corrected chi connectivity index (χ3v) is 9.61. The maximum atomic E-state index is 13.2. The molecule has 0 spiro atoms. The number of nitrogens with zero attached hydrogens (tertiary/aromatic N) is 1. The highest BCUT2D eigenvalue weighted by molar-refractivity contribution is 9.10. The van der Waals surface area contributed by atoms with Crippen molar-refractivity contribution in [1.82, 2.24) is 4.90 Å². The molecule has 0 aromatic rings. The lowest BCUT2D eigenvalue weighted by molar-refractivity contribution is -0.139. The van der Waals surface area contributed by atoms with Crippen LogP contribution < -0.4 is 0 Å². The lowest BCUT2D eigenvalue weighted by atomic mass is 9.48. The maximum Gasteiger partial charge on any atom is 0.223 e. The third-order valence-electron chi connectivity index (χ3n) is 6.93. The molecule has 3 atom stereocenters. The second kappa shape index (κ2) is 6.08. The molecular formula is C19H28BrNO3S. The van der Waals surface area contributed by atoms with E-state index < -0.39 is 9.84 Å². The summed E-state index contributed by atoms with van der Waals surface area (Å²) in [5.74, 6) is 1.98. The van der Waals surface area contributed by atoms with Crippen LogP contribution in [0.4, 0.5) is 0 Å². The Bertz CT molecular complexity index is 675. The van der Waals surface area contributed by atoms with Crippen LogP contribution in [-0.2, 0) is 14.6 Å². The molecule has 4 nitrogen and oxygen atoms in total. The van der Waals surface area contributed by atoms with E-state index in [1.807, 2.05) is 0 Å². The zero-order valence-corrected chi connectivity index (χ0v) is 17.2. The number of hydrogen-bond acceptors (Lipinski definition) is 3. The Labute approximate surface area is 159 Å². The molecule has 5 rings (SSSR count). The zero-order chi connectivity index (χ0) is 17.9. The molecule has 25 heavy (non-hydrogen) atoms.